The maximum Gasteiger partial charge on any atom is 0.264 e. The van der Waals surface area contributed by atoms with E-state index in [1.807, 2.05) is 13.8 Å². The highest BCUT2D eigenvalue weighted by Crippen LogP contribution is 2.19. The third kappa shape index (κ3) is 3.52. The van der Waals surface area contributed by atoms with Crippen LogP contribution in [0, 0.1) is 0 Å². The highest BCUT2D eigenvalue weighted by molar-refractivity contribution is 9.09. The van der Waals surface area contributed by atoms with Crippen molar-refractivity contribution >= 4 is 33.4 Å². The van der Waals surface area contributed by atoms with Crippen LogP contribution in [0.15, 0.2) is 0 Å². The van der Waals surface area contributed by atoms with Gasteiger partial charge in [-0.25, -0.2) is 0 Å². The Labute approximate surface area is 108 Å². The quantitative estimate of drug-likeness (QED) is 0.851. The van der Waals surface area contributed by atoms with Crippen LogP contribution in [0.1, 0.15) is 48.5 Å². The predicted molar refractivity (Wildman–Crippen MR) is 69.3 cm³/mol. The number of halogens is 1. The van der Waals surface area contributed by atoms with Crippen molar-refractivity contribution in [3.63, 3.8) is 0 Å². The Kier molecular flexibility index (Phi) is 5.34. The molecule has 1 aromatic heterocycles. The van der Waals surface area contributed by atoms with Gasteiger partial charge in [-0.15, -0.1) is 5.10 Å². The summed E-state index contributed by atoms with van der Waals surface area (Å²) in [4.78, 5) is 12.8. The summed E-state index contributed by atoms with van der Waals surface area (Å²) in [5.74, 6) is 0.155. The predicted octanol–water partition coefficient (Wildman–Crippen LogP) is 2.56. The molecule has 0 bridgehead atoms. The van der Waals surface area contributed by atoms with Gasteiger partial charge >= 0.3 is 0 Å². The van der Waals surface area contributed by atoms with Crippen LogP contribution in [0.5, 0.6) is 0 Å². The third-order valence-electron chi connectivity index (χ3n) is 2.19. The molecule has 1 rings (SSSR count). The number of amides is 1. The number of alkyl halides is 1. The SMILES string of the molecule is CCC(Br)CNC(=O)c1snnc1C(C)C. The second-order valence-electron chi connectivity index (χ2n) is 3.86. The van der Waals surface area contributed by atoms with Crippen molar-refractivity contribution in [3.8, 4) is 0 Å². The van der Waals surface area contributed by atoms with Gasteiger partial charge in [-0.2, -0.15) is 0 Å². The average molecular weight is 306 g/mol. The maximum atomic E-state index is 11.8. The number of nitrogens with zero attached hydrogens (tertiary/aromatic N) is 2. The van der Waals surface area contributed by atoms with Gasteiger partial charge in [0.05, 0.1) is 5.69 Å². The molecule has 0 saturated carbocycles. The van der Waals surface area contributed by atoms with Crippen molar-refractivity contribution in [1.29, 1.82) is 0 Å². The molecule has 1 N–H and O–H groups in total. The molecule has 0 aliphatic heterocycles. The third-order valence-corrected chi connectivity index (χ3v) is 3.91. The monoisotopic (exact) mass is 305 g/mol. The Morgan fingerprint density at radius 2 is 2.25 bits per heavy atom. The van der Waals surface area contributed by atoms with Crippen molar-refractivity contribution in [3.05, 3.63) is 10.6 Å². The van der Waals surface area contributed by atoms with Gasteiger partial charge < -0.3 is 5.32 Å². The van der Waals surface area contributed by atoms with Gasteiger partial charge in [-0.1, -0.05) is 41.2 Å². The van der Waals surface area contributed by atoms with Crippen LogP contribution in [-0.4, -0.2) is 26.9 Å². The molecular weight excluding hydrogens is 290 g/mol. The smallest absolute Gasteiger partial charge is 0.264 e. The molecule has 1 atom stereocenters. The highest BCUT2D eigenvalue weighted by Gasteiger charge is 2.18. The van der Waals surface area contributed by atoms with Crippen molar-refractivity contribution in [2.24, 2.45) is 0 Å². The molecule has 0 fully saturated rings. The fourth-order valence-electron chi connectivity index (χ4n) is 1.16. The Bertz CT molecular complexity index is 354. The molecule has 90 valence electrons. The zero-order valence-corrected chi connectivity index (χ0v) is 12.1. The molecule has 1 heterocycles. The summed E-state index contributed by atoms with van der Waals surface area (Å²) >= 11 is 4.63. The number of hydrogen-bond acceptors (Lipinski definition) is 4. The molecular formula is C10H16BrN3OS. The number of aromatic nitrogens is 2. The minimum atomic E-state index is -0.0726. The van der Waals surface area contributed by atoms with Crippen molar-refractivity contribution in [1.82, 2.24) is 14.9 Å². The lowest BCUT2D eigenvalue weighted by Gasteiger charge is -2.08. The number of carbonyl (C=O) groups is 1. The van der Waals surface area contributed by atoms with Gasteiger partial charge in [-0.05, 0) is 23.9 Å². The van der Waals surface area contributed by atoms with E-state index in [4.69, 9.17) is 0 Å². The standard InChI is InChI=1S/C10H16BrN3OS/c1-4-7(11)5-12-10(15)9-8(6(2)3)13-14-16-9/h6-7H,4-5H2,1-3H3,(H,12,15). The summed E-state index contributed by atoms with van der Waals surface area (Å²) in [6, 6.07) is 0. The minimum absolute atomic E-state index is 0.0726. The van der Waals surface area contributed by atoms with Crippen molar-refractivity contribution < 1.29 is 4.79 Å². The van der Waals surface area contributed by atoms with E-state index in [0.717, 1.165) is 23.6 Å². The van der Waals surface area contributed by atoms with Crippen LogP contribution < -0.4 is 5.32 Å². The number of rotatable bonds is 5. The van der Waals surface area contributed by atoms with Gasteiger partial charge in [0.15, 0.2) is 0 Å². The first-order valence-corrected chi connectivity index (χ1v) is 6.99. The van der Waals surface area contributed by atoms with E-state index in [-0.39, 0.29) is 11.8 Å². The first kappa shape index (κ1) is 13.6. The van der Waals surface area contributed by atoms with Gasteiger partial charge in [0, 0.05) is 11.4 Å². The summed E-state index contributed by atoms with van der Waals surface area (Å²) < 4.78 is 3.83. The summed E-state index contributed by atoms with van der Waals surface area (Å²) in [6.45, 7) is 6.71. The zero-order valence-electron chi connectivity index (χ0n) is 9.66. The van der Waals surface area contributed by atoms with E-state index >= 15 is 0 Å². The van der Waals surface area contributed by atoms with E-state index in [9.17, 15) is 4.79 Å². The molecule has 0 spiro atoms. The number of hydrogen-bond donors (Lipinski definition) is 1. The maximum absolute atomic E-state index is 11.8. The van der Waals surface area contributed by atoms with E-state index in [1.165, 1.54) is 0 Å². The van der Waals surface area contributed by atoms with Crippen LogP contribution >= 0.6 is 27.5 Å². The second-order valence-corrected chi connectivity index (χ2v) is 5.91. The molecule has 0 saturated heterocycles. The molecule has 0 aliphatic rings. The van der Waals surface area contributed by atoms with Crippen LogP contribution in [-0.2, 0) is 0 Å². The molecule has 6 heteroatoms. The number of nitrogens with one attached hydrogen (secondary N) is 1. The lowest BCUT2D eigenvalue weighted by atomic mass is 10.1. The van der Waals surface area contributed by atoms with Gasteiger partial charge in [0.2, 0.25) is 0 Å². The zero-order chi connectivity index (χ0) is 12.1. The van der Waals surface area contributed by atoms with Gasteiger partial charge in [0.25, 0.3) is 5.91 Å². The lowest BCUT2D eigenvalue weighted by Crippen LogP contribution is -2.29. The van der Waals surface area contributed by atoms with Crippen LogP contribution in [0.2, 0.25) is 0 Å². The topological polar surface area (TPSA) is 54.9 Å². The molecule has 16 heavy (non-hydrogen) atoms. The van der Waals surface area contributed by atoms with E-state index in [0.29, 0.717) is 16.2 Å². The fourth-order valence-corrected chi connectivity index (χ4v) is 2.06. The van der Waals surface area contributed by atoms with Crippen molar-refractivity contribution in [2.45, 2.75) is 37.9 Å². The fraction of sp³-hybridized carbons (Fsp3) is 0.700. The number of carbonyl (C=O) groups excluding carboxylic acids is 1. The Hall–Kier alpha value is -0.490. The first-order chi connectivity index (χ1) is 7.56. The normalized spacial score (nSPS) is 12.8. The summed E-state index contributed by atoms with van der Waals surface area (Å²) in [5.41, 5.74) is 0.783. The largest absolute Gasteiger partial charge is 0.350 e. The first-order valence-electron chi connectivity index (χ1n) is 5.30. The molecule has 1 aromatic rings. The molecule has 1 amide bonds. The van der Waals surface area contributed by atoms with E-state index in [1.54, 1.807) is 0 Å². The Morgan fingerprint density at radius 1 is 1.56 bits per heavy atom. The van der Waals surface area contributed by atoms with Gasteiger partial charge in [-0.3, -0.25) is 4.79 Å². The summed E-state index contributed by atoms with van der Waals surface area (Å²) in [7, 11) is 0. The highest BCUT2D eigenvalue weighted by atomic mass is 79.9. The average Bonchev–Trinajstić information content (AvgIpc) is 2.74. The van der Waals surface area contributed by atoms with E-state index < -0.39 is 0 Å². The van der Waals surface area contributed by atoms with Crippen molar-refractivity contribution in [2.75, 3.05) is 6.54 Å². The molecule has 1 unspecified atom stereocenters. The molecule has 0 aliphatic carbocycles. The molecule has 4 nitrogen and oxygen atoms in total. The molecule has 0 aromatic carbocycles. The van der Waals surface area contributed by atoms with Crippen LogP contribution in [0.25, 0.3) is 0 Å². The Morgan fingerprint density at radius 3 is 2.81 bits per heavy atom. The molecule has 0 radical (unpaired) electrons. The summed E-state index contributed by atoms with van der Waals surface area (Å²) in [5, 5.41) is 6.86. The van der Waals surface area contributed by atoms with Crippen LogP contribution in [0.3, 0.4) is 0 Å². The lowest BCUT2D eigenvalue weighted by molar-refractivity contribution is 0.0956. The Balaban J connectivity index is 2.62. The van der Waals surface area contributed by atoms with E-state index in [2.05, 4.69) is 37.8 Å². The van der Waals surface area contributed by atoms with Crippen LogP contribution in [0.4, 0.5) is 0 Å². The second kappa shape index (κ2) is 6.30. The van der Waals surface area contributed by atoms with Gasteiger partial charge in [0.1, 0.15) is 4.88 Å². The summed E-state index contributed by atoms with van der Waals surface area (Å²) in [6.07, 6.45) is 0.984. The minimum Gasteiger partial charge on any atom is -0.350 e.